The molecular formula is C27H33ClN2O2. The normalized spacial score (nSPS) is 11.8. The van der Waals surface area contributed by atoms with Crippen molar-refractivity contribution in [2.24, 2.45) is 5.92 Å². The van der Waals surface area contributed by atoms with Gasteiger partial charge >= 0.3 is 0 Å². The Bertz CT molecular complexity index is 1070. The number of aromatic nitrogens is 2. The van der Waals surface area contributed by atoms with E-state index < -0.39 is 5.60 Å². The molecule has 0 fully saturated rings. The maximum Gasteiger partial charge on any atom is 0.161 e. The topological polar surface area (TPSA) is 44.1 Å². The van der Waals surface area contributed by atoms with E-state index in [9.17, 15) is 4.79 Å². The Morgan fingerprint density at radius 2 is 1.88 bits per heavy atom. The first kappa shape index (κ1) is 24.2. The van der Waals surface area contributed by atoms with E-state index in [1.54, 1.807) is 20.8 Å². The molecule has 0 saturated carbocycles. The zero-order valence-electron chi connectivity index (χ0n) is 19.7. The van der Waals surface area contributed by atoms with Crippen LogP contribution in [0.1, 0.15) is 57.9 Å². The van der Waals surface area contributed by atoms with Gasteiger partial charge in [-0.05, 0) is 68.9 Å². The molecule has 0 radical (unpaired) electrons. The number of hydrogen-bond acceptors (Lipinski definition) is 3. The zero-order chi connectivity index (χ0) is 23.3. The largest absolute Gasteiger partial charge is 0.361 e. The monoisotopic (exact) mass is 452 g/mol. The molecule has 1 aromatic heterocycles. The van der Waals surface area contributed by atoms with Crippen molar-refractivity contribution < 1.29 is 9.53 Å². The number of nitrogens with zero attached hydrogens (tertiary/aromatic N) is 2. The number of ketones is 1. The molecule has 0 aliphatic heterocycles. The molecule has 1 heterocycles. The predicted molar refractivity (Wildman–Crippen MR) is 131 cm³/mol. The molecule has 3 rings (SSSR count). The van der Waals surface area contributed by atoms with E-state index in [1.807, 2.05) is 28.9 Å². The van der Waals surface area contributed by atoms with Crippen molar-refractivity contribution in [2.45, 2.75) is 66.2 Å². The van der Waals surface area contributed by atoms with Crippen LogP contribution in [0.2, 0.25) is 5.02 Å². The zero-order valence-corrected chi connectivity index (χ0v) is 20.4. The number of rotatable bonds is 10. The standard InChI is InChI=1S/C27H33ClN2O2/c1-19(2)13-14-21-9-8-11-22(15-21)26-16-24(18-32-27(4,5)20(3)31)29-30(26)17-23-10-6-7-12-25(23)28/h6-12,15-16,19H,13-14,17-18H2,1-5H3. The predicted octanol–water partition coefficient (Wildman–Crippen LogP) is 6.72. The van der Waals surface area contributed by atoms with Crippen molar-refractivity contribution in [1.82, 2.24) is 9.78 Å². The first-order valence-corrected chi connectivity index (χ1v) is 11.6. The van der Waals surface area contributed by atoms with Crippen LogP contribution in [0.15, 0.2) is 54.6 Å². The van der Waals surface area contributed by atoms with Crippen molar-refractivity contribution in [3.63, 3.8) is 0 Å². The summed E-state index contributed by atoms with van der Waals surface area (Å²) in [6, 6.07) is 18.5. The van der Waals surface area contributed by atoms with E-state index in [-0.39, 0.29) is 12.4 Å². The summed E-state index contributed by atoms with van der Waals surface area (Å²) in [6.07, 6.45) is 2.20. The molecule has 0 aliphatic carbocycles. The van der Waals surface area contributed by atoms with Gasteiger partial charge in [0.05, 0.1) is 24.5 Å². The van der Waals surface area contributed by atoms with E-state index >= 15 is 0 Å². The summed E-state index contributed by atoms with van der Waals surface area (Å²) in [4.78, 5) is 11.8. The summed E-state index contributed by atoms with van der Waals surface area (Å²) in [6.45, 7) is 10.4. The van der Waals surface area contributed by atoms with Crippen LogP contribution in [0.5, 0.6) is 0 Å². The van der Waals surface area contributed by atoms with Gasteiger partial charge in [-0.15, -0.1) is 0 Å². The van der Waals surface area contributed by atoms with Crippen LogP contribution < -0.4 is 0 Å². The van der Waals surface area contributed by atoms with Crippen molar-refractivity contribution >= 4 is 17.4 Å². The minimum atomic E-state index is -0.844. The Morgan fingerprint density at radius 3 is 2.56 bits per heavy atom. The van der Waals surface area contributed by atoms with E-state index in [4.69, 9.17) is 21.4 Å². The molecule has 0 saturated heterocycles. The SMILES string of the molecule is CC(=O)C(C)(C)OCc1cc(-c2cccc(CCC(C)C)c2)n(Cc2ccccc2Cl)n1. The maximum absolute atomic E-state index is 11.8. The van der Waals surface area contributed by atoms with Gasteiger partial charge in [0.25, 0.3) is 0 Å². The number of benzene rings is 2. The second-order valence-corrected chi connectivity index (χ2v) is 9.67. The fraction of sp³-hybridized carbons (Fsp3) is 0.407. The number of carbonyl (C=O) groups excluding carboxylic acids is 1. The molecule has 0 N–H and O–H groups in total. The van der Waals surface area contributed by atoms with Crippen LogP contribution in [0.25, 0.3) is 11.3 Å². The van der Waals surface area contributed by atoms with Crippen molar-refractivity contribution in [1.29, 1.82) is 0 Å². The average molecular weight is 453 g/mol. The van der Waals surface area contributed by atoms with Gasteiger partial charge < -0.3 is 4.74 Å². The third kappa shape index (κ3) is 6.30. The molecular weight excluding hydrogens is 420 g/mol. The van der Waals surface area contributed by atoms with E-state index in [2.05, 4.69) is 44.2 Å². The average Bonchev–Trinajstić information content (AvgIpc) is 3.15. The molecule has 170 valence electrons. The Hall–Kier alpha value is -2.43. The van der Waals surface area contributed by atoms with E-state index in [0.29, 0.717) is 12.5 Å². The van der Waals surface area contributed by atoms with Gasteiger partial charge in [-0.25, -0.2) is 0 Å². The third-order valence-corrected chi connectivity index (χ3v) is 6.14. The lowest BCUT2D eigenvalue weighted by atomic mass is 10.00. The first-order valence-electron chi connectivity index (χ1n) is 11.2. The summed E-state index contributed by atoms with van der Waals surface area (Å²) in [5, 5.41) is 5.53. The van der Waals surface area contributed by atoms with Crippen molar-refractivity contribution in [3.05, 3.63) is 76.4 Å². The summed E-state index contributed by atoms with van der Waals surface area (Å²) in [5.41, 5.74) is 4.39. The maximum atomic E-state index is 11.8. The fourth-order valence-electron chi connectivity index (χ4n) is 3.38. The molecule has 0 atom stereocenters. The number of aryl methyl sites for hydroxylation is 1. The summed E-state index contributed by atoms with van der Waals surface area (Å²) >= 11 is 6.43. The Balaban J connectivity index is 1.94. The highest BCUT2D eigenvalue weighted by Gasteiger charge is 2.25. The minimum absolute atomic E-state index is 0.00826. The fourth-order valence-corrected chi connectivity index (χ4v) is 3.57. The Morgan fingerprint density at radius 1 is 1.12 bits per heavy atom. The van der Waals surface area contributed by atoms with Crippen LogP contribution >= 0.6 is 11.6 Å². The quantitative estimate of drug-likeness (QED) is 0.342. The smallest absolute Gasteiger partial charge is 0.161 e. The molecule has 4 nitrogen and oxygen atoms in total. The van der Waals surface area contributed by atoms with Crippen LogP contribution in [0.3, 0.4) is 0 Å². The van der Waals surface area contributed by atoms with E-state index in [1.165, 1.54) is 5.56 Å². The van der Waals surface area contributed by atoms with Gasteiger partial charge in [0.15, 0.2) is 5.78 Å². The van der Waals surface area contributed by atoms with Crippen molar-refractivity contribution in [2.75, 3.05) is 0 Å². The molecule has 0 amide bonds. The second kappa shape index (κ2) is 10.5. The van der Waals surface area contributed by atoms with Gasteiger partial charge in [-0.3, -0.25) is 9.48 Å². The molecule has 0 aliphatic rings. The molecule has 0 unspecified atom stereocenters. The van der Waals surface area contributed by atoms with Gasteiger partial charge in [-0.2, -0.15) is 5.10 Å². The van der Waals surface area contributed by atoms with Crippen LogP contribution in [0.4, 0.5) is 0 Å². The van der Waals surface area contributed by atoms with Gasteiger partial charge in [0.1, 0.15) is 5.60 Å². The summed E-state index contributed by atoms with van der Waals surface area (Å²) in [7, 11) is 0. The number of Topliss-reactive ketones (excluding diaryl/α,β-unsaturated/α-hetero) is 1. The summed E-state index contributed by atoms with van der Waals surface area (Å²) < 4.78 is 7.87. The molecule has 0 spiro atoms. The minimum Gasteiger partial charge on any atom is -0.361 e. The highest BCUT2D eigenvalue weighted by Crippen LogP contribution is 2.26. The highest BCUT2D eigenvalue weighted by molar-refractivity contribution is 6.31. The van der Waals surface area contributed by atoms with Gasteiger partial charge in [0.2, 0.25) is 0 Å². The molecule has 5 heteroatoms. The summed E-state index contributed by atoms with van der Waals surface area (Å²) in [5.74, 6) is 0.656. The number of hydrogen-bond donors (Lipinski definition) is 0. The molecule has 32 heavy (non-hydrogen) atoms. The van der Waals surface area contributed by atoms with E-state index in [0.717, 1.165) is 40.4 Å². The molecule has 3 aromatic rings. The first-order chi connectivity index (χ1) is 15.2. The Kier molecular flexibility index (Phi) is 7.91. The Labute approximate surface area is 196 Å². The van der Waals surface area contributed by atoms with Crippen LogP contribution in [-0.4, -0.2) is 21.2 Å². The number of ether oxygens (including phenoxy) is 1. The lowest BCUT2D eigenvalue weighted by molar-refractivity contribution is -0.139. The lowest BCUT2D eigenvalue weighted by Crippen LogP contribution is -2.32. The molecule has 2 aromatic carbocycles. The molecule has 0 bridgehead atoms. The highest BCUT2D eigenvalue weighted by atomic mass is 35.5. The van der Waals surface area contributed by atoms with Gasteiger partial charge in [-0.1, -0.05) is 61.8 Å². The van der Waals surface area contributed by atoms with Crippen LogP contribution in [-0.2, 0) is 29.1 Å². The lowest BCUT2D eigenvalue weighted by Gasteiger charge is -2.21. The third-order valence-electron chi connectivity index (χ3n) is 5.77. The number of carbonyl (C=O) groups is 1. The second-order valence-electron chi connectivity index (χ2n) is 9.26. The van der Waals surface area contributed by atoms with Crippen LogP contribution in [0, 0.1) is 5.92 Å². The van der Waals surface area contributed by atoms with Gasteiger partial charge in [0, 0.05) is 10.6 Å². The van der Waals surface area contributed by atoms with Crippen molar-refractivity contribution in [3.8, 4) is 11.3 Å². The number of halogens is 1.